The fourth-order valence-corrected chi connectivity index (χ4v) is 1.97. The maximum absolute atomic E-state index is 11.8. The zero-order chi connectivity index (χ0) is 12.3. The largest absolute Gasteiger partial charge is 0.495 e. The Morgan fingerprint density at radius 2 is 1.94 bits per heavy atom. The number of Topliss-reactive ketones (excluding diaryl/α,β-unsaturated/α-hetero) is 1. The van der Waals surface area contributed by atoms with Crippen LogP contribution in [0.25, 0.3) is 0 Å². The molecule has 16 heavy (non-hydrogen) atoms. The van der Waals surface area contributed by atoms with E-state index in [1.54, 1.807) is 26.2 Å². The highest BCUT2D eigenvalue weighted by molar-refractivity contribution is 9.10. The monoisotopic (exact) mass is 284 g/mol. The van der Waals surface area contributed by atoms with Crippen molar-refractivity contribution in [1.29, 1.82) is 0 Å². The number of ketones is 1. The van der Waals surface area contributed by atoms with Gasteiger partial charge in [0, 0.05) is 0 Å². The van der Waals surface area contributed by atoms with Crippen molar-refractivity contribution in [3.63, 3.8) is 0 Å². The summed E-state index contributed by atoms with van der Waals surface area (Å²) in [5.74, 6) is 0.947. The van der Waals surface area contributed by atoms with Crippen molar-refractivity contribution < 1.29 is 14.3 Å². The van der Waals surface area contributed by atoms with Crippen LogP contribution >= 0.6 is 15.9 Å². The lowest BCUT2D eigenvalue weighted by atomic mass is 10.0. The number of hydrogen-bond acceptors (Lipinski definition) is 3. The van der Waals surface area contributed by atoms with Gasteiger partial charge in [-0.05, 0) is 40.6 Å². The molecule has 0 radical (unpaired) electrons. The van der Waals surface area contributed by atoms with E-state index in [9.17, 15) is 4.79 Å². The molecular formula is C12H13BrO3. The third-order valence-corrected chi connectivity index (χ3v) is 2.87. The average Bonchev–Trinajstić information content (AvgIpc) is 2.27. The van der Waals surface area contributed by atoms with Crippen LogP contribution in [0.3, 0.4) is 0 Å². The minimum atomic E-state index is -0.139. The van der Waals surface area contributed by atoms with Gasteiger partial charge in [0.25, 0.3) is 0 Å². The third kappa shape index (κ3) is 2.27. The zero-order valence-electron chi connectivity index (χ0n) is 9.46. The Bertz CT molecular complexity index is 438. The zero-order valence-corrected chi connectivity index (χ0v) is 11.1. The van der Waals surface area contributed by atoms with E-state index in [0.29, 0.717) is 27.1 Å². The van der Waals surface area contributed by atoms with Crippen LogP contribution in [0.5, 0.6) is 11.5 Å². The summed E-state index contributed by atoms with van der Waals surface area (Å²) < 4.78 is 11.0. The highest BCUT2D eigenvalue weighted by atomic mass is 79.9. The fraction of sp³-hybridized carbons (Fsp3) is 0.250. The van der Waals surface area contributed by atoms with Gasteiger partial charge in [-0.15, -0.1) is 0 Å². The van der Waals surface area contributed by atoms with Crippen LogP contribution < -0.4 is 9.47 Å². The van der Waals surface area contributed by atoms with E-state index < -0.39 is 0 Å². The molecule has 0 aromatic heterocycles. The highest BCUT2D eigenvalue weighted by Gasteiger charge is 2.18. The van der Waals surface area contributed by atoms with E-state index in [1.807, 2.05) is 0 Å². The molecule has 0 aliphatic heterocycles. The molecule has 0 saturated heterocycles. The molecule has 0 atom stereocenters. The smallest absolute Gasteiger partial charge is 0.191 e. The average molecular weight is 285 g/mol. The maximum atomic E-state index is 11.8. The first-order valence-electron chi connectivity index (χ1n) is 4.63. The number of carbonyl (C=O) groups excluding carboxylic acids is 1. The van der Waals surface area contributed by atoms with Crippen LogP contribution in [-0.2, 0) is 0 Å². The number of benzene rings is 1. The van der Waals surface area contributed by atoms with Crippen molar-refractivity contribution in [2.24, 2.45) is 0 Å². The molecule has 86 valence electrons. The number of rotatable bonds is 4. The number of carbonyl (C=O) groups is 1. The van der Waals surface area contributed by atoms with Crippen molar-refractivity contribution in [2.75, 3.05) is 14.2 Å². The highest BCUT2D eigenvalue weighted by Crippen LogP contribution is 2.37. The predicted molar refractivity (Wildman–Crippen MR) is 66.4 cm³/mol. The third-order valence-electron chi connectivity index (χ3n) is 2.12. The molecule has 3 nitrogen and oxygen atoms in total. The van der Waals surface area contributed by atoms with E-state index in [2.05, 4.69) is 22.5 Å². The van der Waals surface area contributed by atoms with Gasteiger partial charge in [-0.3, -0.25) is 4.79 Å². The second-order valence-electron chi connectivity index (χ2n) is 3.27. The Hall–Kier alpha value is -1.29. The van der Waals surface area contributed by atoms with Crippen LogP contribution in [0, 0.1) is 0 Å². The summed E-state index contributed by atoms with van der Waals surface area (Å²) in [6.07, 6.45) is 0. The molecule has 0 bridgehead atoms. The van der Waals surface area contributed by atoms with Gasteiger partial charge < -0.3 is 9.47 Å². The molecule has 1 aromatic carbocycles. The van der Waals surface area contributed by atoms with Gasteiger partial charge in [0.1, 0.15) is 16.0 Å². The van der Waals surface area contributed by atoms with Crippen LogP contribution in [0.4, 0.5) is 0 Å². The van der Waals surface area contributed by atoms with Gasteiger partial charge in [0.2, 0.25) is 0 Å². The second-order valence-corrected chi connectivity index (χ2v) is 4.07. The molecule has 0 unspecified atom stereocenters. The number of hydrogen-bond donors (Lipinski definition) is 0. The Morgan fingerprint density at radius 1 is 1.31 bits per heavy atom. The van der Waals surface area contributed by atoms with Gasteiger partial charge in [0.05, 0.1) is 19.8 Å². The summed E-state index contributed by atoms with van der Waals surface area (Å²) in [6, 6.07) is 3.38. The van der Waals surface area contributed by atoms with Crippen LogP contribution in [-0.4, -0.2) is 20.0 Å². The summed E-state index contributed by atoms with van der Waals surface area (Å²) in [5.41, 5.74) is 0.943. The number of allylic oxidation sites excluding steroid dienone is 1. The molecule has 0 saturated carbocycles. The molecular weight excluding hydrogens is 272 g/mol. The first-order valence-corrected chi connectivity index (χ1v) is 5.43. The minimum Gasteiger partial charge on any atom is -0.495 e. The van der Waals surface area contributed by atoms with Crippen LogP contribution in [0.2, 0.25) is 0 Å². The van der Waals surface area contributed by atoms with Gasteiger partial charge in [0.15, 0.2) is 5.78 Å². The molecule has 0 aliphatic rings. The van der Waals surface area contributed by atoms with Gasteiger partial charge >= 0.3 is 0 Å². The lowest BCUT2D eigenvalue weighted by Gasteiger charge is -2.12. The summed E-state index contributed by atoms with van der Waals surface area (Å²) in [6.45, 7) is 5.29. The maximum Gasteiger partial charge on any atom is 0.191 e. The summed E-state index contributed by atoms with van der Waals surface area (Å²) in [5, 5.41) is 0. The SMILES string of the molecule is C=C(C)C(=O)c1ccc(OC)c(Br)c1OC. The Morgan fingerprint density at radius 3 is 2.38 bits per heavy atom. The van der Waals surface area contributed by atoms with Crippen molar-refractivity contribution in [3.8, 4) is 11.5 Å². The number of ether oxygens (including phenoxy) is 2. The molecule has 1 rings (SSSR count). The first-order chi connectivity index (χ1) is 7.52. The Balaban J connectivity index is 3.37. The van der Waals surface area contributed by atoms with Gasteiger partial charge in [-0.1, -0.05) is 6.58 Å². The fourth-order valence-electron chi connectivity index (χ4n) is 1.30. The molecule has 0 aliphatic carbocycles. The molecule has 0 fully saturated rings. The summed E-state index contributed by atoms with van der Waals surface area (Å²) >= 11 is 3.34. The van der Waals surface area contributed by atoms with E-state index in [1.165, 1.54) is 7.11 Å². The summed E-state index contributed by atoms with van der Waals surface area (Å²) in [7, 11) is 3.06. The van der Waals surface area contributed by atoms with E-state index in [4.69, 9.17) is 9.47 Å². The minimum absolute atomic E-state index is 0.139. The van der Waals surface area contributed by atoms with E-state index >= 15 is 0 Å². The normalized spacial score (nSPS) is 9.75. The predicted octanol–water partition coefficient (Wildman–Crippen LogP) is 3.23. The lowest BCUT2D eigenvalue weighted by molar-refractivity contribution is 0.103. The number of methoxy groups -OCH3 is 2. The topological polar surface area (TPSA) is 35.5 Å². The van der Waals surface area contributed by atoms with Gasteiger partial charge in [-0.2, -0.15) is 0 Å². The number of halogens is 1. The Labute approximate surface area is 103 Å². The van der Waals surface area contributed by atoms with Crippen LogP contribution in [0.1, 0.15) is 17.3 Å². The van der Waals surface area contributed by atoms with Crippen LogP contribution in [0.15, 0.2) is 28.8 Å². The standard InChI is InChI=1S/C12H13BrO3/c1-7(2)11(14)8-5-6-9(15-3)10(13)12(8)16-4/h5-6H,1H2,2-4H3. The van der Waals surface area contributed by atoms with Crippen molar-refractivity contribution >= 4 is 21.7 Å². The molecule has 1 aromatic rings. The van der Waals surface area contributed by atoms with Crippen molar-refractivity contribution in [2.45, 2.75) is 6.92 Å². The quantitative estimate of drug-likeness (QED) is 0.629. The summed E-state index contributed by atoms with van der Waals surface area (Å²) in [4.78, 5) is 11.8. The second kappa shape index (κ2) is 5.16. The first kappa shape index (κ1) is 12.8. The molecule has 0 N–H and O–H groups in total. The Kier molecular flexibility index (Phi) is 4.12. The molecule has 0 spiro atoms. The van der Waals surface area contributed by atoms with Gasteiger partial charge in [-0.25, -0.2) is 0 Å². The molecule has 4 heteroatoms. The van der Waals surface area contributed by atoms with Crippen molar-refractivity contribution in [3.05, 3.63) is 34.3 Å². The van der Waals surface area contributed by atoms with Crippen molar-refractivity contribution in [1.82, 2.24) is 0 Å². The lowest BCUT2D eigenvalue weighted by Crippen LogP contribution is -2.04. The molecule has 0 heterocycles. The van der Waals surface area contributed by atoms with E-state index in [-0.39, 0.29) is 5.78 Å². The van der Waals surface area contributed by atoms with E-state index in [0.717, 1.165) is 0 Å². The molecule has 0 amide bonds.